The summed E-state index contributed by atoms with van der Waals surface area (Å²) in [4.78, 5) is 38.6. The summed E-state index contributed by atoms with van der Waals surface area (Å²) in [6.45, 7) is 2.01. The highest BCUT2D eigenvalue weighted by molar-refractivity contribution is 7.07. The standard InChI is InChI=1S/C26H34N2O4S/c1-18(29)32-25(21-13-14-33-17-21)27-24(30)22-15-20-11-7-2-3-8-12-23(20)28(26(22)31)16-19-9-5-4-6-10-19/h13-15,17,19,25H,2-12,16H2,1H3,(H,27,30). The Bertz CT molecular complexity index is 1020. The maximum Gasteiger partial charge on any atom is 0.304 e. The Labute approximate surface area is 199 Å². The number of pyridine rings is 1. The van der Waals surface area contributed by atoms with Gasteiger partial charge in [-0.15, -0.1) is 0 Å². The van der Waals surface area contributed by atoms with Crippen LogP contribution in [-0.2, 0) is 28.9 Å². The lowest BCUT2D eigenvalue weighted by molar-refractivity contribution is -0.147. The van der Waals surface area contributed by atoms with Crippen molar-refractivity contribution in [1.29, 1.82) is 0 Å². The first-order valence-corrected chi connectivity index (χ1v) is 13.2. The van der Waals surface area contributed by atoms with Gasteiger partial charge in [0.05, 0.1) is 0 Å². The fourth-order valence-corrected chi connectivity index (χ4v) is 5.86. The minimum Gasteiger partial charge on any atom is -0.437 e. The van der Waals surface area contributed by atoms with Crippen molar-refractivity contribution in [3.8, 4) is 0 Å². The molecule has 1 saturated carbocycles. The highest BCUT2D eigenvalue weighted by Gasteiger charge is 2.25. The number of hydrogen-bond acceptors (Lipinski definition) is 5. The molecule has 2 aliphatic rings. The average Bonchev–Trinajstić information content (AvgIpc) is 3.31. The summed E-state index contributed by atoms with van der Waals surface area (Å²) < 4.78 is 7.27. The number of fused-ring (bicyclic) bond motifs is 1. The number of ether oxygens (including phenoxy) is 1. The molecule has 0 spiro atoms. The van der Waals surface area contributed by atoms with Gasteiger partial charge in [0, 0.05) is 24.7 Å². The van der Waals surface area contributed by atoms with Crippen LogP contribution in [0.15, 0.2) is 27.7 Å². The number of amides is 1. The molecule has 178 valence electrons. The number of carbonyl (C=O) groups is 2. The van der Waals surface area contributed by atoms with Crippen molar-refractivity contribution < 1.29 is 14.3 Å². The smallest absolute Gasteiger partial charge is 0.304 e. The highest BCUT2D eigenvalue weighted by Crippen LogP contribution is 2.27. The molecule has 33 heavy (non-hydrogen) atoms. The van der Waals surface area contributed by atoms with Gasteiger partial charge >= 0.3 is 5.97 Å². The molecule has 0 bridgehead atoms. The quantitative estimate of drug-likeness (QED) is 0.468. The summed E-state index contributed by atoms with van der Waals surface area (Å²) in [6, 6.07) is 3.61. The van der Waals surface area contributed by atoms with Crippen LogP contribution in [0.5, 0.6) is 0 Å². The van der Waals surface area contributed by atoms with E-state index in [0.717, 1.165) is 49.8 Å². The Balaban J connectivity index is 1.68. The Morgan fingerprint density at radius 1 is 1.12 bits per heavy atom. The Kier molecular flexibility index (Phi) is 8.02. The predicted molar refractivity (Wildman–Crippen MR) is 129 cm³/mol. The molecular formula is C26H34N2O4S. The summed E-state index contributed by atoms with van der Waals surface area (Å²) in [5.74, 6) is -0.483. The zero-order valence-electron chi connectivity index (χ0n) is 19.4. The lowest BCUT2D eigenvalue weighted by Crippen LogP contribution is -2.39. The molecule has 0 aromatic carbocycles. The number of carbonyl (C=O) groups excluding carboxylic acids is 2. The van der Waals surface area contributed by atoms with Gasteiger partial charge in [-0.2, -0.15) is 11.3 Å². The third-order valence-electron chi connectivity index (χ3n) is 6.90. The largest absolute Gasteiger partial charge is 0.437 e. The second kappa shape index (κ2) is 11.1. The molecule has 0 radical (unpaired) electrons. The van der Waals surface area contributed by atoms with Gasteiger partial charge in [0.1, 0.15) is 5.56 Å². The monoisotopic (exact) mass is 470 g/mol. The number of aryl methyl sites for hydroxylation is 1. The SMILES string of the molecule is CC(=O)OC(NC(=O)c1cc2c(n(CC3CCCCC3)c1=O)CCCCCC2)c1ccsc1. The minimum absolute atomic E-state index is 0.150. The van der Waals surface area contributed by atoms with Crippen LogP contribution < -0.4 is 10.9 Å². The lowest BCUT2D eigenvalue weighted by Gasteiger charge is -2.27. The zero-order chi connectivity index (χ0) is 23.2. The van der Waals surface area contributed by atoms with Gasteiger partial charge in [0.2, 0.25) is 6.23 Å². The number of thiophene rings is 1. The second-order valence-electron chi connectivity index (χ2n) is 9.38. The number of hydrogen-bond donors (Lipinski definition) is 1. The van der Waals surface area contributed by atoms with Crippen molar-refractivity contribution in [2.24, 2.45) is 5.92 Å². The topological polar surface area (TPSA) is 77.4 Å². The van der Waals surface area contributed by atoms with Crippen molar-refractivity contribution in [1.82, 2.24) is 9.88 Å². The number of aromatic nitrogens is 1. The molecule has 0 aliphatic heterocycles. The van der Waals surface area contributed by atoms with E-state index < -0.39 is 18.1 Å². The average molecular weight is 471 g/mol. The van der Waals surface area contributed by atoms with Crippen molar-refractivity contribution in [2.75, 3.05) is 0 Å². The normalized spacial score (nSPS) is 18.0. The zero-order valence-corrected chi connectivity index (χ0v) is 20.3. The molecule has 0 saturated heterocycles. The van der Waals surface area contributed by atoms with Crippen LogP contribution in [0.4, 0.5) is 0 Å². The van der Waals surface area contributed by atoms with E-state index in [9.17, 15) is 14.4 Å². The molecule has 6 nitrogen and oxygen atoms in total. The number of rotatable bonds is 6. The Hall–Kier alpha value is -2.41. The van der Waals surface area contributed by atoms with Crippen molar-refractivity contribution >= 4 is 23.2 Å². The highest BCUT2D eigenvalue weighted by atomic mass is 32.1. The van der Waals surface area contributed by atoms with Crippen molar-refractivity contribution in [3.63, 3.8) is 0 Å². The molecule has 1 fully saturated rings. The van der Waals surface area contributed by atoms with Gasteiger partial charge in [-0.3, -0.25) is 14.4 Å². The van der Waals surface area contributed by atoms with E-state index in [2.05, 4.69) is 5.32 Å². The maximum absolute atomic E-state index is 13.6. The first-order chi connectivity index (χ1) is 16.0. The molecule has 4 rings (SSSR count). The molecule has 2 aromatic heterocycles. The third-order valence-corrected chi connectivity index (χ3v) is 7.60. The third kappa shape index (κ3) is 5.94. The van der Waals surface area contributed by atoms with Gasteiger partial charge in [-0.25, -0.2) is 0 Å². The van der Waals surface area contributed by atoms with Crippen LogP contribution in [-0.4, -0.2) is 16.4 Å². The second-order valence-corrected chi connectivity index (χ2v) is 10.2. The van der Waals surface area contributed by atoms with Gasteiger partial charge in [-0.1, -0.05) is 32.1 Å². The van der Waals surface area contributed by atoms with Crippen LogP contribution in [0, 0.1) is 5.92 Å². The van der Waals surface area contributed by atoms with E-state index in [0.29, 0.717) is 18.0 Å². The molecule has 1 N–H and O–H groups in total. The number of nitrogens with one attached hydrogen (secondary N) is 1. The van der Waals surface area contributed by atoms with E-state index in [4.69, 9.17) is 4.74 Å². The van der Waals surface area contributed by atoms with E-state index in [1.807, 2.05) is 15.3 Å². The van der Waals surface area contributed by atoms with Crippen LogP contribution in [0.25, 0.3) is 0 Å². The van der Waals surface area contributed by atoms with Crippen LogP contribution in [0.2, 0.25) is 0 Å². The fourth-order valence-electron chi connectivity index (χ4n) is 5.19. The van der Waals surface area contributed by atoms with E-state index in [1.54, 1.807) is 12.1 Å². The van der Waals surface area contributed by atoms with Gasteiger partial charge < -0.3 is 14.6 Å². The van der Waals surface area contributed by atoms with Gasteiger partial charge in [0.25, 0.3) is 11.5 Å². The summed E-state index contributed by atoms with van der Waals surface area (Å²) in [6.07, 6.45) is 11.4. The summed E-state index contributed by atoms with van der Waals surface area (Å²) in [7, 11) is 0. The number of esters is 1. The molecule has 2 heterocycles. The predicted octanol–water partition coefficient (Wildman–Crippen LogP) is 5.14. The summed E-state index contributed by atoms with van der Waals surface area (Å²) in [5.41, 5.74) is 2.87. The van der Waals surface area contributed by atoms with Gasteiger partial charge in [0.15, 0.2) is 0 Å². The lowest BCUT2D eigenvalue weighted by atomic mass is 9.88. The Morgan fingerprint density at radius 3 is 2.55 bits per heavy atom. The molecule has 1 amide bonds. The fraction of sp³-hybridized carbons (Fsp3) is 0.577. The minimum atomic E-state index is -0.908. The summed E-state index contributed by atoms with van der Waals surface area (Å²) >= 11 is 1.46. The molecule has 1 atom stereocenters. The number of nitrogens with zero attached hydrogens (tertiary/aromatic N) is 1. The van der Waals surface area contributed by atoms with E-state index >= 15 is 0 Å². The summed E-state index contributed by atoms with van der Waals surface area (Å²) in [5, 5.41) is 6.48. The maximum atomic E-state index is 13.6. The first-order valence-electron chi connectivity index (χ1n) is 12.3. The molecule has 7 heteroatoms. The molecule has 2 aliphatic carbocycles. The van der Waals surface area contributed by atoms with Crippen LogP contribution in [0.1, 0.15) is 98.1 Å². The van der Waals surface area contributed by atoms with Crippen molar-refractivity contribution in [2.45, 2.75) is 90.3 Å². The van der Waals surface area contributed by atoms with E-state index in [-0.39, 0.29) is 11.1 Å². The van der Waals surface area contributed by atoms with Crippen LogP contribution >= 0.6 is 11.3 Å². The first kappa shape index (κ1) is 23.7. The van der Waals surface area contributed by atoms with Crippen LogP contribution in [0.3, 0.4) is 0 Å². The molecule has 2 aromatic rings. The molecule has 1 unspecified atom stereocenters. The molecular weight excluding hydrogens is 436 g/mol. The van der Waals surface area contributed by atoms with Gasteiger partial charge in [-0.05, 0) is 72.9 Å². The van der Waals surface area contributed by atoms with Crippen molar-refractivity contribution in [3.05, 3.63) is 55.6 Å². The van der Waals surface area contributed by atoms with E-state index in [1.165, 1.54) is 50.4 Å². The Morgan fingerprint density at radius 2 is 1.85 bits per heavy atom.